The second kappa shape index (κ2) is 6.70. The molecule has 2 atom stereocenters. The molecule has 2 unspecified atom stereocenters. The van der Waals surface area contributed by atoms with E-state index >= 15 is 0 Å². The third kappa shape index (κ3) is 3.79. The van der Waals surface area contributed by atoms with Gasteiger partial charge in [0.25, 0.3) is 0 Å². The fourth-order valence-electron chi connectivity index (χ4n) is 1.55. The average molecular weight is 218 g/mol. The average Bonchev–Trinajstić information content (AvgIpc) is 2.23. The van der Waals surface area contributed by atoms with Gasteiger partial charge in [-0.1, -0.05) is 6.92 Å². The first-order valence-corrected chi connectivity index (χ1v) is 6.83. The SMILES string of the molecule is CCC(C)(CN)N(C)C(C)CCSC. The normalized spacial score (nSPS) is 18.2. The van der Waals surface area contributed by atoms with E-state index < -0.39 is 0 Å². The van der Waals surface area contributed by atoms with Gasteiger partial charge in [0.15, 0.2) is 0 Å². The van der Waals surface area contributed by atoms with Gasteiger partial charge < -0.3 is 5.73 Å². The van der Waals surface area contributed by atoms with Gasteiger partial charge in [-0.3, -0.25) is 4.90 Å². The smallest absolute Gasteiger partial charge is 0.0300 e. The summed E-state index contributed by atoms with van der Waals surface area (Å²) in [7, 11) is 2.20. The third-order valence-corrected chi connectivity index (χ3v) is 4.10. The number of likely N-dealkylation sites (N-methyl/N-ethyl adjacent to an activating group) is 1. The maximum absolute atomic E-state index is 5.84. The van der Waals surface area contributed by atoms with Crippen molar-refractivity contribution in [1.82, 2.24) is 4.90 Å². The molecule has 0 aromatic carbocycles. The Morgan fingerprint density at radius 2 is 2.07 bits per heavy atom. The Hall–Kier alpha value is 0.270. The summed E-state index contributed by atoms with van der Waals surface area (Å²) in [4.78, 5) is 2.43. The Labute approximate surface area is 93.6 Å². The standard InChI is InChI=1S/C11H26N2S/c1-6-11(3,9-12)13(4)10(2)7-8-14-5/h10H,6-9,12H2,1-5H3. The molecule has 14 heavy (non-hydrogen) atoms. The molecule has 86 valence electrons. The first-order chi connectivity index (χ1) is 6.51. The summed E-state index contributed by atoms with van der Waals surface area (Å²) in [6.45, 7) is 7.50. The molecule has 2 N–H and O–H groups in total. The number of nitrogens with zero attached hydrogens (tertiary/aromatic N) is 1. The van der Waals surface area contributed by atoms with Crippen LogP contribution in [0.2, 0.25) is 0 Å². The molecule has 0 saturated carbocycles. The zero-order chi connectivity index (χ0) is 11.2. The van der Waals surface area contributed by atoms with Gasteiger partial charge in [-0.05, 0) is 45.7 Å². The van der Waals surface area contributed by atoms with E-state index in [0.29, 0.717) is 6.04 Å². The van der Waals surface area contributed by atoms with E-state index in [-0.39, 0.29) is 5.54 Å². The summed E-state index contributed by atoms with van der Waals surface area (Å²) in [6.07, 6.45) is 4.52. The number of hydrogen-bond acceptors (Lipinski definition) is 3. The summed E-state index contributed by atoms with van der Waals surface area (Å²) in [5, 5.41) is 0. The van der Waals surface area contributed by atoms with Crippen molar-refractivity contribution in [1.29, 1.82) is 0 Å². The molecule has 3 heteroatoms. The van der Waals surface area contributed by atoms with Gasteiger partial charge in [0.2, 0.25) is 0 Å². The van der Waals surface area contributed by atoms with Crippen LogP contribution in [0.25, 0.3) is 0 Å². The van der Waals surface area contributed by atoms with Crippen LogP contribution in [0.3, 0.4) is 0 Å². The summed E-state index contributed by atoms with van der Waals surface area (Å²) < 4.78 is 0. The minimum Gasteiger partial charge on any atom is -0.329 e. The fraction of sp³-hybridized carbons (Fsp3) is 1.00. The van der Waals surface area contributed by atoms with Gasteiger partial charge in [0.05, 0.1) is 0 Å². The van der Waals surface area contributed by atoms with Gasteiger partial charge in [-0.2, -0.15) is 11.8 Å². The van der Waals surface area contributed by atoms with Crippen LogP contribution in [0.15, 0.2) is 0 Å². The number of nitrogens with two attached hydrogens (primary N) is 1. The van der Waals surface area contributed by atoms with E-state index in [4.69, 9.17) is 5.73 Å². The van der Waals surface area contributed by atoms with Gasteiger partial charge >= 0.3 is 0 Å². The van der Waals surface area contributed by atoms with Crippen LogP contribution in [0.4, 0.5) is 0 Å². The zero-order valence-electron chi connectivity index (χ0n) is 10.3. The molecule has 0 fully saturated rings. The van der Waals surface area contributed by atoms with Crippen molar-refractivity contribution in [2.45, 2.75) is 45.2 Å². The van der Waals surface area contributed by atoms with Gasteiger partial charge in [0.1, 0.15) is 0 Å². The molecule has 0 heterocycles. The van der Waals surface area contributed by atoms with E-state index in [9.17, 15) is 0 Å². The monoisotopic (exact) mass is 218 g/mol. The first kappa shape index (κ1) is 14.3. The topological polar surface area (TPSA) is 29.3 Å². The van der Waals surface area contributed by atoms with Crippen LogP contribution in [0.1, 0.15) is 33.6 Å². The van der Waals surface area contributed by atoms with Crippen molar-refractivity contribution in [2.24, 2.45) is 5.73 Å². The van der Waals surface area contributed by atoms with Crippen molar-refractivity contribution in [3.05, 3.63) is 0 Å². The number of rotatable bonds is 7. The van der Waals surface area contributed by atoms with Gasteiger partial charge in [0, 0.05) is 18.1 Å². The van der Waals surface area contributed by atoms with Crippen molar-refractivity contribution in [3.8, 4) is 0 Å². The maximum Gasteiger partial charge on any atom is 0.0300 e. The molecule has 0 aliphatic heterocycles. The lowest BCUT2D eigenvalue weighted by Crippen LogP contribution is -2.52. The van der Waals surface area contributed by atoms with Crippen LogP contribution in [-0.2, 0) is 0 Å². The van der Waals surface area contributed by atoms with E-state index in [1.54, 1.807) is 0 Å². The molecule has 0 amide bonds. The molecule has 0 aromatic rings. The van der Waals surface area contributed by atoms with E-state index in [1.807, 2.05) is 11.8 Å². The molecule has 0 aliphatic carbocycles. The van der Waals surface area contributed by atoms with E-state index in [2.05, 4.69) is 39.0 Å². The van der Waals surface area contributed by atoms with Crippen molar-refractivity contribution >= 4 is 11.8 Å². The molecule has 2 nitrogen and oxygen atoms in total. The predicted molar refractivity (Wildman–Crippen MR) is 68.0 cm³/mol. The lowest BCUT2D eigenvalue weighted by atomic mass is 9.95. The highest BCUT2D eigenvalue weighted by molar-refractivity contribution is 7.98. The highest BCUT2D eigenvalue weighted by Crippen LogP contribution is 2.20. The minimum atomic E-state index is 0.165. The largest absolute Gasteiger partial charge is 0.329 e. The first-order valence-electron chi connectivity index (χ1n) is 5.43. The maximum atomic E-state index is 5.84. The Morgan fingerprint density at radius 3 is 2.43 bits per heavy atom. The Morgan fingerprint density at radius 1 is 1.50 bits per heavy atom. The number of hydrogen-bond donors (Lipinski definition) is 1. The van der Waals surface area contributed by atoms with Crippen molar-refractivity contribution in [3.63, 3.8) is 0 Å². The molecule has 0 aliphatic rings. The second-order valence-electron chi connectivity index (χ2n) is 4.30. The third-order valence-electron chi connectivity index (χ3n) is 3.45. The van der Waals surface area contributed by atoms with E-state index in [0.717, 1.165) is 13.0 Å². The molecule has 0 rings (SSSR count). The summed E-state index contributed by atoms with van der Waals surface area (Å²) in [5.74, 6) is 1.23. The Balaban J connectivity index is 4.19. The minimum absolute atomic E-state index is 0.165. The molecule has 0 saturated heterocycles. The molecular weight excluding hydrogens is 192 g/mol. The molecule has 0 radical (unpaired) electrons. The Kier molecular flexibility index (Phi) is 6.83. The number of thioether (sulfide) groups is 1. The Bertz CT molecular complexity index is 146. The van der Waals surface area contributed by atoms with Gasteiger partial charge in [-0.25, -0.2) is 0 Å². The zero-order valence-corrected chi connectivity index (χ0v) is 11.2. The molecule has 0 spiro atoms. The lowest BCUT2D eigenvalue weighted by Gasteiger charge is -2.41. The molecular formula is C11H26N2S. The fourth-order valence-corrected chi connectivity index (χ4v) is 2.13. The lowest BCUT2D eigenvalue weighted by molar-refractivity contribution is 0.0949. The van der Waals surface area contributed by atoms with Crippen LogP contribution in [-0.4, -0.2) is 42.1 Å². The highest BCUT2D eigenvalue weighted by atomic mass is 32.2. The van der Waals surface area contributed by atoms with Crippen molar-refractivity contribution in [2.75, 3.05) is 25.6 Å². The van der Waals surface area contributed by atoms with Crippen LogP contribution >= 0.6 is 11.8 Å². The summed E-state index contributed by atoms with van der Waals surface area (Å²) in [5.41, 5.74) is 6.00. The second-order valence-corrected chi connectivity index (χ2v) is 5.28. The quantitative estimate of drug-likeness (QED) is 0.710. The van der Waals surface area contributed by atoms with Gasteiger partial charge in [-0.15, -0.1) is 0 Å². The van der Waals surface area contributed by atoms with E-state index in [1.165, 1.54) is 12.2 Å². The predicted octanol–water partition coefficient (Wildman–Crippen LogP) is 2.19. The van der Waals surface area contributed by atoms with Crippen LogP contribution in [0, 0.1) is 0 Å². The highest BCUT2D eigenvalue weighted by Gasteiger charge is 2.28. The summed E-state index contributed by atoms with van der Waals surface area (Å²) >= 11 is 1.92. The van der Waals surface area contributed by atoms with Crippen molar-refractivity contribution < 1.29 is 0 Å². The molecule has 0 bridgehead atoms. The molecule has 0 aromatic heterocycles. The summed E-state index contributed by atoms with van der Waals surface area (Å²) in [6, 6.07) is 0.621. The van der Waals surface area contributed by atoms with Crippen LogP contribution in [0.5, 0.6) is 0 Å². The van der Waals surface area contributed by atoms with Crippen LogP contribution < -0.4 is 5.73 Å².